The molecule has 2 rings (SSSR count). The summed E-state index contributed by atoms with van der Waals surface area (Å²) in [5.41, 5.74) is 1.20. The van der Waals surface area contributed by atoms with Gasteiger partial charge in [0.15, 0.2) is 0 Å². The molecule has 1 N–H and O–H groups in total. The predicted octanol–water partition coefficient (Wildman–Crippen LogP) is 2.97. The van der Waals surface area contributed by atoms with Crippen molar-refractivity contribution >= 4 is 27.5 Å². The average Bonchev–Trinajstić information content (AvgIpc) is 2.40. The molecule has 1 aromatic carbocycles. The predicted molar refractivity (Wildman–Crippen MR) is 71.0 cm³/mol. The molecule has 88 valence electrons. The summed E-state index contributed by atoms with van der Waals surface area (Å²) in [6, 6.07) is 12.2. The molecule has 0 unspecified atom stereocenters. The van der Waals surface area contributed by atoms with Gasteiger partial charge < -0.3 is 5.32 Å². The van der Waals surface area contributed by atoms with Crippen LogP contribution >= 0.6 is 15.9 Å². The van der Waals surface area contributed by atoms with E-state index in [2.05, 4.69) is 26.2 Å². The summed E-state index contributed by atoms with van der Waals surface area (Å²) in [7, 11) is 0. The van der Waals surface area contributed by atoms with Crippen molar-refractivity contribution in [1.82, 2.24) is 4.98 Å². The van der Waals surface area contributed by atoms with E-state index in [0.29, 0.717) is 16.9 Å². The third-order valence-electron chi connectivity index (χ3n) is 2.26. The Balaban J connectivity index is 2.22. The van der Waals surface area contributed by atoms with E-state index < -0.39 is 0 Å². The number of nitrogens with zero attached hydrogens (tertiary/aromatic N) is 2. The number of nitrogens with one attached hydrogen (secondary N) is 1. The molecule has 0 aliphatic heterocycles. The Labute approximate surface area is 112 Å². The van der Waals surface area contributed by atoms with E-state index in [0.717, 1.165) is 4.47 Å². The fourth-order valence-corrected chi connectivity index (χ4v) is 1.62. The lowest BCUT2D eigenvalue weighted by Crippen LogP contribution is -2.14. The third-order valence-corrected chi connectivity index (χ3v) is 2.72. The maximum absolute atomic E-state index is 11.9. The zero-order chi connectivity index (χ0) is 13.0. The monoisotopic (exact) mass is 301 g/mol. The highest BCUT2D eigenvalue weighted by atomic mass is 79.9. The Kier molecular flexibility index (Phi) is 3.70. The smallest absolute Gasteiger partial charge is 0.274 e. The maximum Gasteiger partial charge on any atom is 0.274 e. The lowest BCUT2D eigenvalue weighted by Gasteiger charge is -2.06. The highest BCUT2D eigenvalue weighted by Gasteiger charge is 2.09. The van der Waals surface area contributed by atoms with E-state index in [1.165, 1.54) is 0 Å². The second-order valence-electron chi connectivity index (χ2n) is 3.47. The van der Waals surface area contributed by atoms with Gasteiger partial charge in [-0.1, -0.05) is 12.1 Å². The number of rotatable bonds is 2. The maximum atomic E-state index is 11.9. The molecule has 0 fully saturated rings. The van der Waals surface area contributed by atoms with Gasteiger partial charge in [-0.15, -0.1) is 0 Å². The number of anilines is 1. The van der Waals surface area contributed by atoms with Crippen molar-refractivity contribution in [3.8, 4) is 6.07 Å². The van der Waals surface area contributed by atoms with Crippen molar-refractivity contribution in [1.29, 1.82) is 5.26 Å². The molecule has 18 heavy (non-hydrogen) atoms. The number of hydrogen-bond acceptors (Lipinski definition) is 3. The lowest BCUT2D eigenvalue weighted by molar-refractivity contribution is 0.102. The second kappa shape index (κ2) is 5.43. The van der Waals surface area contributed by atoms with Gasteiger partial charge in [-0.2, -0.15) is 5.26 Å². The number of carbonyl (C=O) groups excluding carboxylic acids is 1. The van der Waals surface area contributed by atoms with Gasteiger partial charge in [-0.25, -0.2) is 4.98 Å². The second-order valence-corrected chi connectivity index (χ2v) is 4.39. The van der Waals surface area contributed by atoms with Crippen molar-refractivity contribution in [2.24, 2.45) is 0 Å². The topological polar surface area (TPSA) is 65.8 Å². The van der Waals surface area contributed by atoms with Crippen LogP contribution in [0.1, 0.15) is 16.1 Å². The quantitative estimate of drug-likeness (QED) is 0.927. The van der Waals surface area contributed by atoms with Crippen molar-refractivity contribution in [3.05, 3.63) is 58.3 Å². The minimum Gasteiger partial charge on any atom is -0.319 e. The minimum absolute atomic E-state index is 0.297. The molecule has 0 spiro atoms. The molecule has 1 amide bonds. The fourth-order valence-electron chi connectivity index (χ4n) is 1.39. The van der Waals surface area contributed by atoms with Crippen LogP contribution < -0.4 is 5.32 Å². The van der Waals surface area contributed by atoms with Crippen molar-refractivity contribution < 1.29 is 4.79 Å². The Hall–Kier alpha value is -2.19. The van der Waals surface area contributed by atoms with E-state index >= 15 is 0 Å². The first kappa shape index (κ1) is 12.3. The molecule has 0 atom stereocenters. The van der Waals surface area contributed by atoms with Gasteiger partial charge in [0, 0.05) is 10.7 Å². The van der Waals surface area contributed by atoms with E-state index in [4.69, 9.17) is 5.26 Å². The average molecular weight is 302 g/mol. The van der Waals surface area contributed by atoms with Gasteiger partial charge in [0.1, 0.15) is 11.8 Å². The van der Waals surface area contributed by atoms with Crippen LogP contribution in [-0.4, -0.2) is 10.9 Å². The Morgan fingerprint density at radius 1 is 1.28 bits per heavy atom. The number of aromatic nitrogens is 1. The first-order chi connectivity index (χ1) is 8.70. The molecule has 0 radical (unpaired) electrons. The zero-order valence-corrected chi connectivity index (χ0v) is 10.8. The normalized spacial score (nSPS) is 9.56. The highest BCUT2D eigenvalue weighted by molar-refractivity contribution is 9.10. The van der Waals surface area contributed by atoms with Crippen LogP contribution in [0.15, 0.2) is 47.1 Å². The van der Waals surface area contributed by atoms with E-state index in [9.17, 15) is 4.79 Å². The Morgan fingerprint density at radius 3 is 2.72 bits per heavy atom. The van der Waals surface area contributed by atoms with E-state index in [-0.39, 0.29) is 5.91 Å². The number of nitriles is 1. The van der Waals surface area contributed by atoms with Crippen molar-refractivity contribution in [2.45, 2.75) is 0 Å². The van der Waals surface area contributed by atoms with Gasteiger partial charge in [0.05, 0.1) is 11.3 Å². The van der Waals surface area contributed by atoms with Crippen LogP contribution in [0.25, 0.3) is 0 Å². The summed E-state index contributed by atoms with van der Waals surface area (Å²) in [6.07, 6.45) is 1.55. The van der Waals surface area contributed by atoms with Gasteiger partial charge >= 0.3 is 0 Å². The van der Waals surface area contributed by atoms with Crippen LogP contribution in [0.3, 0.4) is 0 Å². The first-order valence-electron chi connectivity index (χ1n) is 5.13. The molecular weight excluding hydrogens is 294 g/mol. The summed E-state index contributed by atoms with van der Waals surface area (Å²) in [4.78, 5) is 15.9. The summed E-state index contributed by atoms with van der Waals surface area (Å²) < 4.78 is 0.802. The van der Waals surface area contributed by atoms with E-state index in [1.807, 2.05) is 6.07 Å². The van der Waals surface area contributed by atoms with Crippen LogP contribution in [0, 0.1) is 11.3 Å². The number of amides is 1. The van der Waals surface area contributed by atoms with Gasteiger partial charge in [0.2, 0.25) is 0 Å². The molecule has 2 aromatic rings. The molecule has 0 saturated carbocycles. The Morgan fingerprint density at radius 2 is 2.06 bits per heavy atom. The van der Waals surface area contributed by atoms with Crippen LogP contribution in [0.4, 0.5) is 5.69 Å². The molecule has 0 saturated heterocycles. The molecule has 1 aromatic heterocycles. The number of halogens is 1. The fraction of sp³-hybridized carbons (Fsp3) is 0. The number of benzene rings is 1. The Bertz CT molecular complexity index is 617. The third kappa shape index (κ3) is 2.73. The summed E-state index contributed by atoms with van der Waals surface area (Å²) in [5.74, 6) is -0.342. The van der Waals surface area contributed by atoms with Gasteiger partial charge in [-0.05, 0) is 40.2 Å². The van der Waals surface area contributed by atoms with E-state index in [1.54, 1.807) is 42.6 Å². The summed E-state index contributed by atoms with van der Waals surface area (Å²) in [5, 5.41) is 11.6. The summed E-state index contributed by atoms with van der Waals surface area (Å²) >= 11 is 3.25. The molecular formula is C13H8BrN3O. The molecule has 0 aliphatic carbocycles. The molecule has 1 heterocycles. The molecule has 0 bridgehead atoms. The number of para-hydroxylation sites is 1. The van der Waals surface area contributed by atoms with Crippen LogP contribution in [-0.2, 0) is 0 Å². The van der Waals surface area contributed by atoms with Gasteiger partial charge in [0.25, 0.3) is 5.91 Å². The first-order valence-corrected chi connectivity index (χ1v) is 5.92. The number of hydrogen-bond donors (Lipinski definition) is 1. The highest BCUT2D eigenvalue weighted by Crippen LogP contribution is 2.15. The number of carbonyl (C=O) groups is 1. The van der Waals surface area contributed by atoms with Crippen molar-refractivity contribution in [3.63, 3.8) is 0 Å². The molecule has 5 heteroatoms. The minimum atomic E-state index is -0.342. The molecule has 0 aliphatic rings. The SMILES string of the molecule is N#Cc1ccccc1NC(=O)c1ccc(Br)cn1. The van der Waals surface area contributed by atoms with Crippen LogP contribution in [0.2, 0.25) is 0 Å². The van der Waals surface area contributed by atoms with Gasteiger partial charge in [-0.3, -0.25) is 4.79 Å². The largest absolute Gasteiger partial charge is 0.319 e. The van der Waals surface area contributed by atoms with Crippen LogP contribution in [0.5, 0.6) is 0 Å². The number of pyridine rings is 1. The zero-order valence-electron chi connectivity index (χ0n) is 9.22. The standard InChI is InChI=1S/C13H8BrN3O/c14-10-5-6-12(16-8-10)13(18)17-11-4-2-1-3-9(11)7-15/h1-6,8H,(H,17,18). The van der Waals surface area contributed by atoms with Crippen molar-refractivity contribution in [2.75, 3.05) is 5.32 Å². The lowest BCUT2D eigenvalue weighted by atomic mass is 10.2. The molecule has 4 nitrogen and oxygen atoms in total. The summed E-state index contributed by atoms with van der Waals surface area (Å²) in [6.45, 7) is 0.